The lowest BCUT2D eigenvalue weighted by Crippen LogP contribution is -2.24. The molecule has 1 aliphatic rings. The predicted octanol–water partition coefficient (Wildman–Crippen LogP) is 2.20. The summed E-state index contributed by atoms with van der Waals surface area (Å²) in [4.78, 5) is 7.92. The van der Waals surface area contributed by atoms with Crippen molar-refractivity contribution in [2.45, 2.75) is 19.1 Å². The Morgan fingerprint density at radius 3 is 2.65 bits per heavy atom. The Morgan fingerprint density at radius 1 is 1.41 bits per heavy atom. The smallest absolute Gasteiger partial charge is 0.342 e. The minimum Gasteiger partial charge on any atom is -0.342 e. The number of nitrogens with zero attached hydrogens (tertiary/aromatic N) is 3. The summed E-state index contributed by atoms with van der Waals surface area (Å²) in [5, 5.41) is 0. The second-order valence-corrected chi connectivity index (χ2v) is 4.37. The van der Waals surface area contributed by atoms with Gasteiger partial charge in [0.25, 0.3) is 0 Å². The molecule has 0 aliphatic carbocycles. The largest absolute Gasteiger partial charge is 0.416 e. The summed E-state index contributed by atoms with van der Waals surface area (Å²) < 4.78 is 37.7. The SMILES string of the molecule is C[C@H]1CN(c2cc(C(F)(F)F)ccn2)CN1C. The van der Waals surface area contributed by atoms with Gasteiger partial charge in [-0.25, -0.2) is 4.98 Å². The first-order chi connectivity index (χ1) is 7.88. The molecule has 2 rings (SSSR count). The lowest BCUT2D eigenvalue weighted by Gasteiger charge is -2.17. The van der Waals surface area contributed by atoms with Gasteiger partial charge in [0.15, 0.2) is 0 Å². The third-order valence-electron chi connectivity index (χ3n) is 3.03. The Balaban J connectivity index is 2.23. The van der Waals surface area contributed by atoms with Crippen molar-refractivity contribution in [2.24, 2.45) is 0 Å². The molecule has 0 spiro atoms. The van der Waals surface area contributed by atoms with Crippen LogP contribution in [0.2, 0.25) is 0 Å². The lowest BCUT2D eigenvalue weighted by atomic mass is 10.2. The van der Waals surface area contributed by atoms with Gasteiger partial charge in [-0.1, -0.05) is 0 Å². The van der Waals surface area contributed by atoms with Crippen LogP contribution < -0.4 is 4.90 Å². The maximum Gasteiger partial charge on any atom is 0.416 e. The van der Waals surface area contributed by atoms with Gasteiger partial charge in [0.2, 0.25) is 0 Å². The summed E-state index contributed by atoms with van der Waals surface area (Å²) in [5.74, 6) is 0.385. The molecule has 17 heavy (non-hydrogen) atoms. The highest BCUT2D eigenvalue weighted by Crippen LogP contribution is 2.31. The summed E-state index contributed by atoms with van der Waals surface area (Å²) in [6.45, 7) is 3.34. The Kier molecular flexibility index (Phi) is 2.99. The number of anilines is 1. The van der Waals surface area contributed by atoms with Crippen LogP contribution in [0.25, 0.3) is 0 Å². The van der Waals surface area contributed by atoms with Crippen molar-refractivity contribution in [3.63, 3.8) is 0 Å². The van der Waals surface area contributed by atoms with Crippen molar-refractivity contribution in [1.29, 1.82) is 0 Å². The predicted molar refractivity (Wildman–Crippen MR) is 58.7 cm³/mol. The summed E-state index contributed by atoms with van der Waals surface area (Å²) in [6.07, 6.45) is -3.10. The molecule has 1 saturated heterocycles. The van der Waals surface area contributed by atoms with E-state index in [4.69, 9.17) is 0 Å². The van der Waals surface area contributed by atoms with E-state index in [1.807, 2.05) is 18.9 Å². The van der Waals surface area contributed by atoms with Gasteiger partial charge in [0, 0.05) is 18.8 Å². The van der Waals surface area contributed by atoms with Gasteiger partial charge in [-0.3, -0.25) is 4.90 Å². The monoisotopic (exact) mass is 245 g/mol. The van der Waals surface area contributed by atoms with Crippen LogP contribution in [0.15, 0.2) is 18.3 Å². The molecule has 1 atom stereocenters. The van der Waals surface area contributed by atoms with Crippen molar-refractivity contribution in [1.82, 2.24) is 9.88 Å². The van der Waals surface area contributed by atoms with Gasteiger partial charge in [0.1, 0.15) is 5.82 Å². The maximum absolute atomic E-state index is 12.6. The van der Waals surface area contributed by atoms with E-state index in [0.29, 0.717) is 25.1 Å². The first-order valence-corrected chi connectivity index (χ1v) is 5.36. The summed E-state index contributed by atoms with van der Waals surface area (Å²) >= 11 is 0. The van der Waals surface area contributed by atoms with Crippen LogP contribution >= 0.6 is 0 Å². The van der Waals surface area contributed by atoms with Gasteiger partial charge in [-0.2, -0.15) is 13.2 Å². The average Bonchev–Trinajstić information content (AvgIpc) is 2.58. The van der Waals surface area contributed by atoms with E-state index < -0.39 is 11.7 Å². The first kappa shape index (κ1) is 12.2. The first-order valence-electron chi connectivity index (χ1n) is 5.36. The molecule has 0 saturated carbocycles. The van der Waals surface area contributed by atoms with E-state index in [-0.39, 0.29) is 0 Å². The quantitative estimate of drug-likeness (QED) is 0.756. The van der Waals surface area contributed by atoms with Crippen molar-refractivity contribution >= 4 is 5.82 Å². The Bertz CT molecular complexity index is 395. The van der Waals surface area contributed by atoms with Crippen LogP contribution in [0.3, 0.4) is 0 Å². The lowest BCUT2D eigenvalue weighted by molar-refractivity contribution is -0.137. The minimum atomic E-state index is -4.31. The average molecular weight is 245 g/mol. The molecule has 0 N–H and O–H groups in total. The fourth-order valence-corrected chi connectivity index (χ4v) is 1.86. The standard InChI is InChI=1S/C11H14F3N3/c1-8-6-17(7-16(8)2)10-5-9(3-4-15-10)11(12,13)14/h3-5,8H,6-7H2,1-2H3/t8-/m0/s1. The van der Waals surface area contributed by atoms with Crippen LogP contribution in [0.4, 0.5) is 19.0 Å². The van der Waals surface area contributed by atoms with Gasteiger partial charge in [-0.05, 0) is 26.1 Å². The summed E-state index contributed by atoms with van der Waals surface area (Å²) in [6, 6.07) is 2.42. The molecule has 1 aliphatic heterocycles. The van der Waals surface area contributed by atoms with Crippen LogP contribution in [0.5, 0.6) is 0 Å². The molecule has 0 unspecified atom stereocenters. The van der Waals surface area contributed by atoms with E-state index in [1.165, 1.54) is 6.20 Å². The summed E-state index contributed by atoms with van der Waals surface area (Å²) in [5.41, 5.74) is -0.648. The third kappa shape index (κ3) is 2.52. The number of hydrogen-bond donors (Lipinski definition) is 0. The van der Waals surface area contributed by atoms with Crippen LogP contribution in [0, 0.1) is 0 Å². The van der Waals surface area contributed by atoms with Crippen LogP contribution in [0.1, 0.15) is 12.5 Å². The molecule has 1 aromatic rings. The van der Waals surface area contributed by atoms with Crippen LogP contribution in [-0.4, -0.2) is 36.2 Å². The summed E-state index contributed by atoms with van der Waals surface area (Å²) in [7, 11) is 1.94. The van der Waals surface area contributed by atoms with Crippen LogP contribution in [-0.2, 0) is 6.18 Å². The molecule has 1 aromatic heterocycles. The topological polar surface area (TPSA) is 19.4 Å². The minimum absolute atomic E-state index is 0.325. The Morgan fingerprint density at radius 2 is 2.12 bits per heavy atom. The number of aromatic nitrogens is 1. The fraction of sp³-hybridized carbons (Fsp3) is 0.545. The van der Waals surface area contributed by atoms with Gasteiger partial charge in [0.05, 0.1) is 12.2 Å². The van der Waals surface area contributed by atoms with E-state index >= 15 is 0 Å². The van der Waals surface area contributed by atoms with E-state index in [2.05, 4.69) is 9.88 Å². The number of rotatable bonds is 1. The molecule has 0 bridgehead atoms. The number of pyridine rings is 1. The normalized spacial score (nSPS) is 22.2. The van der Waals surface area contributed by atoms with Crippen molar-refractivity contribution in [3.05, 3.63) is 23.9 Å². The van der Waals surface area contributed by atoms with Crippen molar-refractivity contribution in [2.75, 3.05) is 25.2 Å². The zero-order chi connectivity index (χ0) is 12.6. The molecular formula is C11H14F3N3. The molecule has 0 amide bonds. The van der Waals surface area contributed by atoms with Crippen molar-refractivity contribution < 1.29 is 13.2 Å². The molecule has 2 heterocycles. The highest BCUT2D eigenvalue weighted by molar-refractivity contribution is 5.42. The van der Waals surface area contributed by atoms with Gasteiger partial charge < -0.3 is 4.90 Å². The van der Waals surface area contributed by atoms with E-state index in [0.717, 1.165) is 12.1 Å². The van der Waals surface area contributed by atoms with E-state index in [9.17, 15) is 13.2 Å². The highest BCUT2D eigenvalue weighted by Gasteiger charge is 2.32. The number of alkyl halides is 3. The van der Waals surface area contributed by atoms with Crippen molar-refractivity contribution in [3.8, 4) is 0 Å². The van der Waals surface area contributed by atoms with E-state index in [1.54, 1.807) is 0 Å². The number of likely N-dealkylation sites (N-methyl/N-ethyl adjacent to an activating group) is 1. The Labute approximate surface area is 97.9 Å². The maximum atomic E-state index is 12.6. The molecule has 3 nitrogen and oxygen atoms in total. The second kappa shape index (κ2) is 4.18. The zero-order valence-electron chi connectivity index (χ0n) is 9.70. The Hall–Kier alpha value is -1.30. The molecule has 0 radical (unpaired) electrons. The fourth-order valence-electron chi connectivity index (χ4n) is 1.86. The highest BCUT2D eigenvalue weighted by atomic mass is 19.4. The molecular weight excluding hydrogens is 231 g/mol. The van der Waals surface area contributed by atoms with Gasteiger partial charge in [-0.15, -0.1) is 0 Å². The number of halogens is 3. The molecule has 6 heteroatoms. The third-order valence-corrected chi connectivity index (χ3v) is 3.03. The number of hydrogen-bond acceptors (Lipinski definition) is 3. The zero-order valence-corrected chi connectivity index (χ0v) is 9.70. The molecule has 0 aromatic carbocycles. The molecule has 1 fully saturated rings. The van der Waals surface area contributed by atoms with Gasteiger partial charge >= 0.3 is 6.18 Å². The molecule has 94 valence electrons. The second-order valence-electron chi connectivity index (χ2n) is 4.37.